The average Bonchev–Trinajstić information content (AvgIpc) is 3.61. The molecular formula is C33H37N3O5S2. The summed E-state index contributed by atoms with van der Waals surface area (Å²) in [5, 5.41) is 33.7. The fourth-order valence-electron chi connectivity index (χ4n) is 6.67. The number of thiazole rings is 2. The van der Waals surface area contributed by atoms with Crippen LogP contribution in [0.15, 0.2) is 60.8 Å². The van der Waals surface area contributed by atoms with Crippen molar-refractivity contribution in [3.8, 4) is 31.6 Å². The number of benzene rings is 2. The van der Waals surface area contributed by atoms with Gasteiger partial charge in [-0.3, -0.25) is 4.90 Å². The lowest BCUT2D eigenvalue weighted by molar-refractivity contribution is -0.152. The van der Waals surface area contributed by atoms with Crippen LogP contribution in [-0.4, -0.2) is 60.6 Å². The number of ether oxygens (including phenoxy) is 1. The first-order chi connectivity index (χ1) is 20.3. The Labute approximate surface area is 259 Å². The van der Waals surface area contributed by atoms with E-state index in [1.807, 2.05) is 63.2 Å². The van der Waals surface area contributed by atoms with E-state index in [0.717, 1.165) is 37.1 Å². The summed E-state index contributed by atoms with van der Waals surface area (Å²) in [7, 11) is 0. The number of amides is 1. The monoisotopic (exact) mass is 619 g/mol. The molecule has 6 rings (SSSR count). The Kier molecular flexibility index (Phi) is 7.50. The summed E-state index contributed by atoms with van der Waals surface area (Å²) >= 11 is 3.07. The van der Waals surface area contributed by atoms with Crippen molar-refractivity contribution in [1.82, 2.24) is 14.9 Å². The Morgan fingerprint density at radius 2 is 1.60 bits per heavy atom. The van der Waals surface area contributed by atoms with Gasteiger partial charge in [0.2, 0.25) is 0 Å². The SMILES string of the molecule is CC1(O)CC(c2ccc(-c3nc(-c4cnc(C5(O)CCOCC5)s4)sc3-c3ccccc3)cc2)(N(C(=O)O)C(C)(C)C)C1. The zero-order valence-corrected chi connectivity index (χ0v) is 26.5. The van der Waals surface area contributed by atoms with Gasteiger partial charge in [-0.1, -0.05) is 54.6 Å². The van der Waals surface area contributed by atoms with E-state index in [-0.39, 0.29) is 0 Å². The summed E-state index contributed by atoms with van der Waals surface area (Å²) in [6.45, 7) is 8.45. The van der Waals surface area contributed by atoms with Gasteiger partial charge in [-0.15, -0.1) is 22.7 Å². The number of aliphatic hydroxyl groups is 2. The normalized spacial score (nSPS) is 23.5. The molecule has 1 amide bonds. The third-order valence-electron chi connectivity index (χ3n) is 8.43. The number of carbonyl (C=O) groups is 1. The molecule has 1 aliphatic heterocycles. The molecule has 2 fully saturated rings. The van der Waals surface area contributed by atoms with E-state index in [0.29, 0.717) is 43.9 Å². The third-order valence-corrected chi connectivity index (χ3v) is 10.9. The quantitative estimate of drug-likeness (QED) is 0.211. The molecule has 3 N–H and O–H groups in total. The molecule has 1 aliphatic carbocycles. The van der Waals surface area contributed by atoms with Gasteiger partial charge in [0, 0.05) is 56.2 Å². The van der Waals surface area contributed by atoms with Crippen LogP contribution in [0.4, 0.5) is 4.79 Å². The van der Waals surface area contributed by atoms with Crippen molar-refractivity contribution in [2.24, 2.45) is 0 Å². The second-order valence-corrected chi connectivity index (χ2v) is 15.0. The first-order valence-corrected chi connectivity index (χ1v) is 16.1. The Balaban J connectivity index is 1.39. The number of hydrogen-bond donors (Lipinski definition) is 3. The van der Waals surface area contributed by atoms with Gasteiger partial charge in [0.25, 0.3) is 0 Å². The second kappa shape index (κ2) is 10.8. The highest BCUT2D eigenvalue weighted by atomic mass is 32.1. The maximum Gasteiger partial charge on any atom is 0.408 e. The molecule has 8 nitrogen and oxygen atoms in total. The van der Waals surface area contributed by atoms with Crippen LogP contribution in [-0.2, 0) is 15.9 Å². The third kappa shape index (κ3) is 5.51. The van der Waals surface area contributed by atoms with Gasteiger partial charge in [-0.05, 0) is 38.8 Å². The molecule has 1 saturated heterocycles. The van der Waals surface area contributed by atoms with Gasteiger partial charge in [0.1, 0.15) is 15.6 Å². The molecule has 0 spiro atoms. The van der Waals surface area contributed by atoms with Crippen molar-refractivity contribution in [2.45, 2.75) is 75.7 Å². The number of carboxylic acid groups (broad SMARTS) is 1. The number of rotatable bonds is 6. The van der Waals surface area contributed by atoms with Gasteiger partial charge >= 0.3 is 6.09 Å². The number of nitrogens with zero attached hydrogens (tertiary/aromatic N) is 3. The molecule has 2 aromatic heterocycles. The molecule has 2 aromatic carbocycles. The molecule has 4 aromatic rings. The summed E-state index contributed by atoms with van der Waals surface area (Å²) in [6.07, 6.45) is 2.49. The van der Waals surface area contributed by atoms with E-state index in [1.54, 1.807) is 24.5 Å². The molecule has 3 heterocycles. The van der Waals surface area contributed by atoms with Crippen LogP contribution in [0.2, 0.25) is 0 Å². The van der Waals surface area contributed by atoms with E-state index >= 15 is 0 Å². The van der Waals surface area contributed by atoms with E-state index < -0.39 is 28.4 Å². The van der Waals surface area contributed by atoms with Gasteiger partial charge in [-0.25, -0.2) is 14.8 Å². The molecular weight excluding hydrogens is 583 g/mol. The first kappa shape index (κ1) is 29.9. The van der Waals surface area contributed by atoms with Gasteiger partial charge in [0.05, 0.1) is 26.6 Å². The van der Waals surface area contributed by atoms with Crippen LogP contribution in [0.5, 0.6) is 0 Å². The van der Waals surface area contributed by atoms with Crippen LogP contribution in [0.3, 0.4) is 0 Å². The van der Waals surface area contributed by atoms with Crippen molar-refractivity contribution in [3.05, 3.63) is 71.4 Å². The maximum absolute atomic E-state index is 12.5. The van der Waals surface area contributed by atoms with E-state index in [1.165, 1.54) is 16.2 Å². The van der Waals surface area contributed by atoms with Crippen LogP contribution >= 0.6 is 22.7 Å². The first-order valence-electron chi connectivity index (χ1n) is 14.5. The smallest absolute Gasteiger partial charge is 0.408 e. The van der Waals surface area contributed by atoms with Crippen LogP contribution < -0.4 is 0 Å². The van der Waals surface area contributed by atoms with Crippen LogP contribution in [0, 0.1) is 0 Å². The molecule has 226 valence electrons. The van der Waals surface area contributed by atoms with Crippen molar-refractivity contribution in [3.63, 3.8) is 0 Å². The summed E-state index contributed by atoms with van der Waals surface area (Å²) in [4.78, 5) is 25.6. The molecule has 2 aliphatic rings. The Morgan fingerprint density at radius 1 is 0.953 bits per heavy atom. The largest absolute Gasteiger partial charge is 0.465 e. The fourth-order valence-corrected chi connectivity index (χ4v) is 8.86. The zero-order chi connectivity index (χ0) is 30.6. The summed E-state index contributed by atoms with van der Waals surface area (Å²) in [6, 6.07) is 18.1. The Hall–Kier alpha value is -3.15. The molecule has 0 unspecified atom stereocenters. The zero-order valence-electron chi connectivity index (χ0n) is 24.8. The maximum atomic E-state index is 12.5. The average molecular weight is 620 g/mol. The second-order valence-electron chi connectivity index (χ2n) is 13.0. The van der Waals surface area contributed by atoms with E-state index in [4.69, 9.17) is 9.72 Å². The van der Waals surface area contributed by atoms with Crippen molar-refractivity contribution < 1.29 is 24.9 Å². The predicted molar refractivity (Wildman–Crippen MR) is 169 cm³/mol. The minimum Gasteiger partial charge on any atom is -0.465 e. The fraction of sp³-hybridized carbons (Fsp3) is 0.424. The summed E-state index contributed by atoms with van der Waals surface area (Å²) < 4.78 is 5.45. The van der Waals surface area contributed by atoms with Crippen LogP contribution in [0.1, 0.15) is 63.9 Å². The molecule has 0 bridgehead atoms. The van der Waals surface area contributed by atoms with Crippen LogP contribution in [0.25, 0.3) is 31.6 Å². The van der Waals surface area contributed by atoms with Gasteiger partial charge in [0.15, 0.2) is 0 Å². The number of aromatic nitrogens is 2. The molecule has 10 heteroatoms. The molecule has 43 heavy (non-hydrogen) atoms. The lowest BCUT2D eigenvalue weighted by Gasteiger charge is -2.60. The lowest BCUT2D eigenvalue weighted by Crippen LogP contribution is -2.67. The van der Waals surface area contributed by atoms with E-state index in [9.17, 15) is 20.1 Å². The highest BCUT2D eigenvalue weighted by Crippen LogP contribution is 2.55. The van der Waals surface area contributed by atoms with Crippen molar-refractivity contribution >= 4 is 28.8 Å². The summed E-state index contributed by atoms with van der Waals surface area (Å²) in [5.74, 6) is 0. The Bertz CT molecular complexity index is 1610. The van der Waals surface area contributed by atoms with Gasteiger partial charge in [-0.2, -0.15) is 0 Å². The van der Waals surface area contributed by atoms with Gasteiger partial charge < -0.3 is 20.1 Å². The Morgan fingerprint density at radius 3 is 2.19 bits per heavy atom. The van der Waals surface area contributed by atoms with E-state index in [2.05, 4.69) is 17.1 Å². The number of hydrogen-bond acceptors (Lipinski definition) is 8. The van der Waals surface area contributed by atoms with Crippen molar-refractivity contribution in [2.75, 3.05) is 13.2 Å². The highest BCUT2D eigenvalue weighted by molar-refractivity contribution is 7.23. The minimum absolute atomic E-state index is 0.325. The minimum atomic E-state index is -1.00. The highest BCUT2D eigenvalue weighted by Gasteiger charge is 2.59. The van der Waals surface area contributed by atoms with Crippen molar-refractivity contribution in [1.29, 1.82) is 0 Å². The standard InChI is InChI=1S/C33H37N3O5S2/c1-30(2,3)36(29(37)38)32(19-31(4,39)20-32)23-12-10-21(11-13-23)25-26(22-8-6-5-7-9-22)43-27(35-25)24-18-34-28(42-24)33(40)14-16-41-17-15-33/h5-13,18,39-40H,14-17,19-20H2,1-4H3,(H,37,38). The molecule has 0 atom stereocenters. The predicted octanol–water partition coefficient (Wildman–Crippen LogP) is 7.12. The summed E-state index contributed by atoms with van der Waals surface area (Å²) in [5.41, 5.74) is 0.255. The molecule has 0 radical (unpaired) electrons. The molecule has 1 saturated carbocycles. The topological polar surface area (TPSA) is 116 Å². The lowest BCUT2D eigenvalue weighted by atomic mass is 9.60.